The van der Waals surface area contributed by atoms with Crippen molar-refractivity contribution < 1.29 is 14.2 Å². The second-order valence-corrected chi connectivity index (χ2v) is 4.03. The number of hydrogen-bond donors (Lipinski definition) is 1. The fraction of sp³-hybridized carbons (Fsp3) is 0.125. The topological polar surface area (TPSA) is 29.5 Å². The highest BCUT2D eigenvalue weighted by molar-refractivity contribution is 5.50. The van der Waals surface area contributed by atoms with E-state index in [1.165, 1.54) is 6.07 Å². The largest absolute Gasteiger partial charge is 0.489 e. The van der Waals surface area contributed by atoms with Gasteiger partial charge in [0.1, 0.15) is 18.2 Å². The van der Waals surface area contributed by atoms with Crippen molar-refractivity contribution in [3.05, 3.63) is 71.6 Å². The Morgan fingerprint density at radius 1 is 1.05 bits per heavy atom. The third-order valence-corrected chi connectivity index (χ3v) is 2.65. The summed E-state index contributed by atoms with van der Waals surface area (Å²) in [6.45, 7) is 0.226. The maximum atomic E-state index is 13.4. The minimum atomic E-state index is -0.259. The monoisotopic (exact) mass is 258 g/mol. The molecule has 2 aromatic rings. The first kappa shape index (κ1) is 13.3. The van der Waals surface area contributed by atoms with Gasteiger partial charge in [-0.2, -0.15) is 0 Å². The van der Waals surface area contributed by atoms with Crippen molar-refractivity contribution in [1.29, 1.82) is 0 Å². The van der Waals surface area contributed by atoms with Crippen LogP contribution < -0.4 is 4.74 Å². The molecule has 0 atom stereocenters. The third-order valence-electron chi connectivity index (χ3n) is 2.65. The second-order valence-electron chi connectivity index (χ2n) is 4.03. The highest BCUT2D eigenvalue weighted by Crippen LogP contribution is 2.16. The summed E-state index contributed by atoms with van der Waals surface area (Å²) in [6.07, 6.45) is 3.48. The Morgan fingerprint density at radius 3 is 2.47 bits per heavy atom. The van der Waals surface area contributed by atoms with Gasteiger partial charge in [0.2, 0.25) is 0 Å². The molecule has 0 saturated carbocycles. The predicted octanol–water partition coefficient (Wildman–Crippen LogP) is 3.41. The lowest BCUT2D eigenvalue weighted by atomic mass is 10.2. The first-order valence-electron chi connectivity index (χ1n) is 6.03. The number of halogens is 1. The summed E-state index contributed by atoms with van der Waals surface area (Å²) < 4.78 is 18.9. The van der Waals surface area contributed by atoms with Crippen LogP contribution in [0.5, 0.6) is 5.75 Å². The average molecular weight is 258 g/mol. The van der Waals surface area contributed by atoms with Crippen LogP contribution in [0.4, 0.5) is 4.39 Å². The zero-order chi connectivity index (χ0) is 13.5. The van der Waals surface area contributed by atoms with Crippen molar-refractivity contribution >= 4 is 6.08 Å². The molecule has 0 fully saturated rings. The molecule has 0 heterocycles. The maximum Gasteiger partial charge on any atom is 0.129 e. The summed E-state index contributed by atoms with van der Waals surface area (Å²) >= 11 is 0. The standard InChI is InChI=1S/C16H15FO2/c17-16-6-2-1-5-14(16)12-19-15-9-7-13(8-10-15)4-3-11-18/h1-10,18H,11-12H2. The van der Waals surface area contributed by atoms with Crippen LogP contribution in [0.2, 0.25) is 0 Å². The van der Waals surface area contributed by atoms with Gasteiger partial charge in [0, 0.05) is 5.56 Å². The molecule has 3 heteroatoms. The van der Waals surface area contributed by atoms with Gasteiger partial charge < -0.3 is 9.84 Å². The Bertz CT molecular complexity index is 547. The zero-order valence-corrected chi connectivity index (χ0v) is 10.4. The Kier molecular flexibility index (Phi) is 4.70. The van der Waals surface area contributed by atoms with Gasteiger partial charge in [0.15, 0.2) is 0 Å². The Labute approximate surface area is 111 Å². The van der Waals surface area contributed by atoms with Gasteiger partial charge in [-0.15, -0.1) is 0 Å². The Balaban J connectivity index is 1.97. The molecule has 0 spiro atoms. The smallest absolute Gasteiger partial charge is 0.129 e. The molecule has 0 aliphatic carbocycles. The maximum absolute atomic E-state index is 13.4. The molecule has 0 amide bonds. The van der Waals surface area contributed by atoms with Gasteiger partial charge >= 0.3 is 0 Å². The number of rotatable bonds is 5. The lowest BCUT2D eigenvalue weighted by molar-refractivity contribution is 0.300. The fourth-order valence-corrected chi connectivity index (χ4v) is 1.64. The van der Waals surface area contributed by atoms with Gasteiger partial charge in [-0.25, -0.2) is 4.39 Å². The van der Waals surface area contributed by atoms with E-state index in [1.54, 1.807) is 24.3 Å². The summed E-state index contributed by atoms with van der Waals surface area (Å²) in [5, 5.41) is 8.67. The molecular formula is C16H15FO2. The van der Waals surface area contributed by atoms with Gasteiger partial charge in [0.25, 0.3) is 0 Å². The molecule has 98 valence electrons. The molecule has 0 saturated heterocycles. The number of aliphatic hydroxyl groups is 1. The first-order chi connectivity index (χ1) is 9.29. The van der Waals surface area contributed by atoms with E-state index >= 15 is 0 Å². The van der Waals surface area contributed by atoms with E-state index in [0.29, 0.717) is 11.3 Å². The van der Waals surface area contributed by atoms with E-state index in [1.807, 2.05) is 30.3 Å². The molecule has 19 heavy (non-hydrogen) atoms. The van der Waals surface area contributed by atoms with E-state index in [2.05, 4.69) is 0 Å². The third kappa shape index (κ3) is 3.93. The summed E-state index contributed by atoms with van der Waals surface area (Å²) in [4.78, 5) is 0. The fourth-order valence-electron chi connectivity index (χ4n) is 1.64. The van der Waals surface area contributed by atoms with Crippen LogP contribution in [0, 0.1) is 5.82 Å². The average Bonchev–Trinajstić information content (AvgIpc) is 2.45. The summed E-state index contributed by atoms with van der Waals surface area (Å²) in [5.74, 6) is 0.425. The summed E-state index contributed by atoms with van der Waals surface area (Å²) in [5.41, 5.74) is 1.51. The molecule has 2 nitrogen and oxygen atoms in total. The SMILES string of the molecule is OCC=Cc1ccc(OCc2ccccc2F)cc1. The van der Waals surface area contributed by atoms with Crippen molar-refractivity contribution in [2.45, 2.75) is 6.61 Å². The van der Waals surface area contributed by atoms with Crippen molar-refractivity contribution in [2.24, 2.45) is 0 Å². The molecule has 2 aromatic carbocycles. The zero-order valence-electron chi connectivity index (χ0n) is 10.4. The van der Waals surface area contributed by atoms with Crippen LogP contribution in [0.3, 0.4) is 0 Å². The molecule has 0 bridgehead atoms. The van der Waals surface area contributed by atoms with Gasteiger partial charge in [-0.05, 0) is 23.8 Å². The minimum absolute atomic E-state index is 0.0194. The van der Waals surface area contributed by atoms with Crippen LogP contribution in [0.25, 0.3) is 6.08 Å². The quantitative estimate of drug-likeness (QED) is 0.890. The van der Waals surface area contributed by atoms with Gasteiger partial charge in [-0.1, -0.05) is 42.5 Å². The van der Waals surface area contributed by atoms with Gasteiger partial charge in [0.05, 0.1) is 6.61 Å². The summed E-state index contributed by atoms with van der Waals surface area (Å²) in [6, 6.07) is 13.9. The number of aliphatic hydroxyl groups excluding tert-OH is 1. The summed E-state index contributed by atoms with van der Waals surface area (Å²) in [7, 11) is 0. The van der Waals surface area contributed by atoms with Crippen LogP contribution in [-0.4, -0.2) is 11.7 Å². The molecule has 0 aliphatic rings. The van der Waals surface area contributed by atoms with E-state index in [-0.39, 0.29) is 19.0 Å². The first-order valence-corrected chi connectivity index (χ1v) is 6.03. The second kappa shape index (κ2) is 6.71. The lowest BCUT2D eigenvalue weighted by Crippen LogP contribution is -1.97. The van der Waals surface area contributed by atoms with E-state index in [0.717, 1.165) is 5.56 Å². The molecule has 0 aliphatic heterocycles. The molecule has 0 aromatic heterocycles. The van der Waals surface area contributed by atoms with Crippen LogP contribution in [-0.2, 0) is 6.61 Å². The Morgan fingerprint density at radius 2 is 1.79 bits per heavy atom. The highest BCUT2D eigenvalue weighted by Gasteiger charge is 2.01. The number of ether oxygens (including phenoxy) is 1. The van der Waals surface area contributed by atoms with Crippen molar-refractivity contribution in [1.82, 2.24) is 0 Å². The van der Waals surface area contributed by atoms with Crippen molar-refractivity contribution in [3.63, 3.8) is 0 Å². The molecule has 0 radical (unpaired) electrons. The number of hydrogen-bond acceptors (Lipinski definition) is 2. The number of benzene rings is 2. The van der Waals surface area contributed by atoms with Crippen molar-refractivity contribution in [2.75, 3.05) is 6.61 Å². The van der Waals surface area contributed by atoms with Crippen molar-refractivity contribution in [3.8, 4) is 5.75 Å². The van der Waals surface area contributed by atoms with Crippen LogP contribution in [0.15, 0.2) is 54.6 Å². The minimum Gasteiger partial charge on any atom is -0.489 e. The molecular weight excluding hydrogens is 243 g/mol. The highest BCUT2D eigenvalue weighted by atomic mass is 19.1. The van der Waals surface area contributed by atoms with Gasteiger partial charge in [-0.3, -0.25) is 0 Å². The molecule has 2 rings (SSSR count). The molecule has 1 N–H and O–H groups in total. The normalized spacial score (nSPS) is 10.8. The van der Waals surface area contributed by atoms with Crippen LogP contribution >= 0.6 is 0 Å². The molecule has 0 unspecified atom stereocenters. The predicted molar refractivity (Wildman–Crippen MR) is 73.3 cm³/mol. The van der Waals surface area contributed by atoms with E-state index < -0.39 is 0 Å². The lowest BCUT2D eigenvalue weighted by Gasteiger charge is -2.07. The Hall–Kier alpha value is -2.13. The van der Waals surface area contributed by atoms with E-state index in [4.69, 9.17) is 9.84 Å². The van der Waals surface area contributed by atoms with Crippen LogP contribution in [0.1, 0.15) is 11.1 Å². The van der Waals surface area contributed by atoms with E-state index in [9.17, 15) is 4.39 Å².